The van der Waals surface area contributed by atoms with Crippen LogP contribution < -0.4 is 5.73 Å². The average molecular weight is 220 g/mol. The van der Waals surface area contributed by atoms with E-state index in [0.29, 0.717) is 10.8 Å². The maximum atomic E-state index is 5.80. The number of hydrogen-bond acceptors (Lipinski definition) is 1. The van der Waals surface area contributed by atoms with E-state index in [1.807, 2.05) is 0 Å². The van der Waals surface area contributed by atoms with Crippen molar-refractivity contribution in [3.63, 3.8) is 0 Å². The van der Waals surface area contributed by atoms with Crippen molar-refractivity contribution in [1.82, 2.24) is 0 Å². The van der Waals surface area contributed by atoms with Crippen molar-refractivity contribution in [2.24, 2.45) is 22.5 Å². The fourth-order valence-corrected chi connectivity index (χ4v) is 2.21. The first-order valence-electron chi connectivity index (χ1n) is 5.62. The molecule has 0 aromatic carbocycles. The van der Waals surface area contributed by atoms with Crippen molar-refractivity contribution in [1.29, 1.82) is 0 Å². The predicted octanol–water partition coefficient (Wildman–Crippen LogP) is 3.61. The lowest BCUT2D eigenvalue weighted by Gasteiger charge is -2.45. The first kappa shape index (κ1) is 14.2. The number of nitrogens with two attached hydrogens (primary N) is 1. The molecule has 0 amide bonds. The van der Waals surface area contributed by atoms with E-state index in [1.165, 1.54) is 25.7 Å². The van der Waals surface area contributed by atoms with Crippen LogP contribution in [0.1, 0.15) is 53.4 Å². The van der Waals surface area contributed by atoms with Gasteiger partial charge in [-0.2, -0.15) is 0 Å². The van der Waals surface area contributed by atoms with E-state index in [9.17, 15) is 0 Å². The summed E-state index contributed by atoms with van der Waals surface area (Å²) in [4.78, 5) is 0. The van der Waals surface area contributed by atoms with Crippen LogP contribution in [0.25, 0.3) is 0 Å². The number of hydrogen-bond donors (Lipinski definition) is 1. The van der Waals surface area contributed by atoms with E-state index in [-0.39, 0.29) is 12.4 Å². The largest absolute Gasteiger partial charge is 0.330 e. The summed E-state index contributed by atoms with van der Waals surface area (Å²) in [5, 5.41) is 0. The van der Waals surface area contributed by atoms with Crippen molar-refractivity contribution >= 4 is 12.4 Å². The Labute approximate surface area is 95.2 Å². The molecule has 1 aliphatic carbocycles. The summed E-state index contributed by atoms with van der Waals surface area (Å²) in [6.07, 6.45) is 5.35. The fraction of sp³-hybridized carbons (Fsp3) is 1.00. The number of halogens is 1. The fourth-order valence-electron chi connectivity index (χ4n) is 2.21. The Balaban J connectivity index is 0.00000169. The van der Waals surface area contributed by atoms with Crippen LogP contribution in [0.2, 0.25) is 0 Å². The molecule has 1 saturated carbocycles. The monoisotopic (exact) mass is 219 g/mol. The smallest absolute Gasteiger partial charge is 0.00232 e. The minimum absolute atomic E-state index is 0. The average Bonchev–Trinajstić information content (AvgIpc) is 2.11. The molecular formula is C12H26ClN. The molecule has 0 heterocycles. The first-order valence-corrected chi connectivity index (χ1v) is 5.62. The third-order valence-corrected chi connectivity index (χ3v) is 4.49. The van der Waals surface area contributed by atoms with Gasteiger partial charge in [-0.1, -0.05) is 27.7 Å². The van der Waals surface area contributed by atoms with E-state index in [0.717, 1.165) is 12.5 Å². The Morgan fingerprint density at radius 3 is 1.79 bits per heavy atom. The highest BCUT2D eigenvalue weighted by Gasteiger charge is 2.38. The third-order valence-electron chi connectivity index (χ3n) is 4.49. The molecule has 0 unspecified atom stereocenters. The molecule has 0 atom stereocenters. The maximum Gasteiger partial charge on any atom is -0.00232 e. The second-order valence-electron chi connectivity index (χ2n) is 5.82. The summed E-state index contributed by atoms with van der Waals surface area (Å²) in [6.45, 7) is 10.3. The molecule has 0 aliphatic heterocycles. The van der Waals surface area contributed by atoms with Gasteiger partial charge in [0, 0.05) is 0 Å². The number of rotatable bonds is 2. The van der Waals surface area contributed by atoms with Crippen molar-refractivity contribution in [3.8, 4) is 0 Å². The topological polar surface area (TPSA) is 26.0 Å². The highest BCUT2D eigenvalue weighted by atomic mass is 35.5. The van der Waals surface area contributed by atoms with Crippen LogP contribution in [0, 0.1) is 16.7 Å². The SMILES string of the molecule is CC(C)C1(C)CCC(C)(CN)CC1.Cl. The van der Waals surface area contributed by atoms with Crippen LogP contribution in [0.3, 0.4) is 0 Å². The van der Waals surface area contributed by atoms with Gasteiger partial charge in [0.15, 0.2) is 0 Å². The molecular weight excluding hydrogens is 194 g/mol. The van der Waals surface area contributed by atoms with Crippen molar-refractivity contribution < 1.29 is 0 Å². The zero-order chi connectivity index (χ0) is 10.1. The summed E-state index contributed by atoms with van der Waals surface area (Å²) in [7, 11) is 0. The molecule has 0 saturated heterocycles. The predicted molar refractivity (Wildman–Crippen MR) is 65.8 cm³/mol. The molecule has 1 fully saturated rings. The van der Waals surface area contributed by atoms with Crippen LogP contribution >= 0.6 is 12.4 Å². The maximum absolute atomic E-state index is 5.80. The molecule has 14 heavy (non-hydrogen) atoms. The van der Waals surface area contributed by atoms with Crippen LogP contribution in [0.5, 0.6) is 0 Å². The van der Waals surface area contributed by atoms with Crippen molar-refractivity contribution in [3.05, 3.63) is 0 Å². The van der Waals surface area contributed by atoms with Gasteiger partial charge in [0.2, 0.25) is 0 Å². The molecule has 86 valence electrons. The van der Waals surface area contributed by atoms with Gasteiger partial charge in [-0.25, -0.2) is 0 Å². The van der Waals surface area contributed by atoms with Gasteiger partial charge in [0.05, 0.1) is 0 Å². The minimum atomic E-state index is 0. The Hall–Kier alpha value is 0.250. The second-order valence-corrected chi connectivity index (χ2v) is 5.82. The molecule has 0 bridgehead atoms. The lowest BCUT2D eigenvalue weighted by molar-refractivity contribution is 0.0695. The summed E-state index contributed by atoms with van der Waals surface area (Å²) >= 11 is 0. The minimum Gasteiger partial charge on any atom is -0.330 e. The Morgan fingerprint density at radius 2 is 1.50 bits per heavy atom. The lowest BCUT2D eigenvalue weighted by atomic mass is 9.61. The van der Waals surface area contributed by atoms with Crippen LogP contribution in [0.15, 0.2) is 0 Å². The zero-order valence-electron chi connectivity index (χ0n) is 10.1. The van der Waals surface area contributed by atoms with Crippen LogP contribution in [-0.2, 0) is 0 Å². The highest BCUT2D eigenvalue weighted by Crippen LogP contribution is 2.48. The Bertz CT molecular complexity index is 169. The van der Waals surface area contributed by atoms with E-state index >= 15 is 0 Å². The van der Waals surface area contributed by atoms with Gasteiger partial charge in [-0.15, -0.1) is 12.4 Å². The highest BCUT2D eigenvalue weighted by molar-refractivity contribution is 5.85. The van der Waals surface area contributed by atoms with E-state index in [1.54, 1.807) is 0 Å². The molecule has 0 spiro atoms. The molecule has 2 heteroatoms. The summed E-state index contributed by atoms with van der Waals surface area (Å²) < 4.78 is 0. The van der Waals surface area contributed by atoms with Gasteiger partial charge in [-0.3, -0.25) is 0 Å². The quantitative estimate of drug-likeness (QED) is 0.755. The zero-order valence-corrected chi connectivity index (χ0v) is 10.9. The molecule has 0 radical (unpaired) electrons. The van der Waals surface area contributed by atoms with Gasteiger partial charge >= 0.3 is 0 Å². The van der Waals surface area contributed by atoms with Gasteiger partial charge in [0.25, 0.3) is 0 Å². The van der Waals surface area contributed by atoms with E-state index in [4.69, 9.17) is 5.73 Å². The molecule has 1 nitrogen and oxygen atoms in total. The molecule has 0 aromatic heterocycles. The molecule has 0 aromatic rings. The standard InChI is InChI=1S/C12H25N.ClH/c1-10(2)12(4)7-5-11(3,9-13)6-8-12;/h10H,5-9,13H2,1-4H3;1H. The lowest BCUT2D eigenvalue weighted by Crippen LogP contribution is -2.38. The molecule has 2 N–H and O–H groups in total. The normalized spacial score (nSPS) is 38.1. The first-order chi connectivity index (χ1) is 5.92. The van der Waals surface area contributed by atoms with Gasteiger partial charge in [0.1, 0.15) is 0 Å². The van der Waals surface area contributed by atoms with Gasteiger partial charge in [-0.05, 0) is 49.0 Å². The molecule has 1 rings (SSSR count). The van der Waals surface area contributed by atoms with Crippen molar-refractivity contribution in [2.75, 3.05) is 6.54 Å². The summed E-state index contributed by atoms with van der Waals surface area (Å²) in [5.74, 6) is 0.815. The van der Waals surface area contributed by atoms with Gasteiger partial charge < -0.3 is 5.73 Å². The van der Waals surface area contributed by atoms with E-state index in [2.05, 4.69) is 27.7 Å². The Kier molecular flexibility index (Phi) is 4.94. The summed E-state index contributed by atoms with van der Waals surface area (Å²) in [6, 6.07) is 0. The third kappa shape index (κ3) is 2.87. The van der Waals surface area contributed by atoms with Crippen molar-refractivity contribution in [2.45, 2.75) is 53.4 Å². The van der Waals surface area contributed by atoms with E-state index < -0.39 is 0 Å². The molecule has 1 aliphatic rings. The second kappa shape index (κ2) is 4.85. The van der Waals surface area contributed by atoms with Crippen LogP contribution in [0.4, 0.5) is 0 Å². The summed E-state index contributed by atoms with van der Waals surface area (Å²) in [5.41, 5.74) is 6.82. The Morgan fingerprint density at radius 1 is 1.07 bits per heavy atom. The van der Waals surface area contributed by atoms with Crippen LogP contribution in [-0.4, -0.2) is 6.54 Å².